The van der Waals surface area contributed by atoms with Crippen molar-refractivity contribution >= 4 is 0 Å². The second kappa shape index (κ2) is 6.59. The van der Waals surface area contributed by atoms with Gasteiger partial charge >= 0.3 is 0 Å². The molecule has 1 atom stereocenters. The van der Waals surface area contributed by atoms with Gasteiger partial charge in [-0.05, 0) is 37.4 Å². The van der Waals surface area contributed by atoms with Gasteiger partial charge in [0.05, 0.1) is 6.10 Å². The molecule has 0 bridgehead atoms. The molecule has 0 radical (unpaired) electrons. The fourth-order valence-electron chi connectivity index (χ4n) is 1.44. The van der Waals surface area contributed by atoms with Crippen LogP contribution in [0.2, 0.25) is 0 Å². The van der Waals surface area contributed by atoms with Crippen LogP contribution in [0.5, 0.6) is 0 Å². The van der Waals surface area contributed by atoms with Crippen molar-refractivity contribution < 1.29 is 5.11 Å². The normalized spacial score (nSPS) is 12.7. The Labute approximate surface area is 92.3 Å². The summed E-state index contributed by atoms with van der Waals surface area (Å²) in [5.74, 6) is 0. The van der Waals surface area contributed by atoms with E-state index in [2.05, 4.69) is 36.5 Å². The third-order valence-electron chi connectivity index (χ3n) is 2.50. The lowest BCUT2D eigenvalue weighted by Crippen LogP contribution is -2.18. The van der Waals surface area contributed by atoms with Crippen LogP contribution >= 0.6 is 0 Å². The molecular formula is C13H21NO. The number of hydrogen-bond acceptors (Lipinski definition) is 2. The Morgan fingerprint density at radius 2 is 1.80 bits per heavy atom. The number of aliphatic hydroxyl groups excluding tert-OH is 1. The third-order valence-corrected chi connectivity index (χ3v) is 2.50. The van der Waals surface area contributed by atoms with Crippen LogP contribution in [-0.2, 0) is 13.0 Å². The first kappa shape index (κ1) is 12.2. The number of hydrogen-bond donors (Lipinski definition) is 2. The van der Waals surface area contributed by atoms with E-state index in [9.17, 15) is 0 Å². The molecule has 0 aliphatic heterocycles. The fourth-order valence-corrected chi connectivity index (χ4v) is 1.44. The van der Waals surface area contributed by atoms with E-state index < -0.39 is 0 Å². The van der Waals surface area contributed by atoms with Gasteiger partial charge in [0.2, 0.25) is 0 Å². The number of benzene rings is 1. The van der Waals surface area contributed by atoms with Crippen LogP contribution in [0.1, 0.15) is 31.4 Å². The highest BCUT2D eigenvalue weighted by atomic mass is 16.3. The van der Waals surface area contributed by atoms with Gasteiger partial charge in [0.1, 0.15) is 0 Å². The van der Waals surface area contributed by atoms with Crippen molar-refractivity contribution in [1.82, 2.24) is 5.32 Å². The zero-order valence-electron chi connectivity index (χ0n) is 9.66. The third kappa shape index (κ3) is 4.96. The molecule has 15 heavy (non-hydrogen) atoms. The van der Waals surface area contributed by atoms with Gasteiger partial charge in [-0.2, -0.15) is 0 Å². The maximum atomic E-state index is 9.08. The van der Waals surface area contributed by atoms with E-state index in [1.165, 1.54) is 11.1 Å². The van der Waals surface area contributed by atoms with Crippen LogP contribution in [0.3, 0.4) is 0 Å². The number of nitrogens with one attached hydrogen (secondary N) is 1. The average Bonchev–Trinajstić information content (AvgIpc) is 2.25. The molecule has 1 rings (SSSR count). The molecule has 0 saturated heterocycles. The smallest absolute Gasteiger partial charge is 0.0524 e. The molecule has 0 amide bonds. The van der Waals surface area contributed by atoms with Gasteiger partial charge in [0.15, 0.2) is 0 Å². The van der Waals surface area contributed by atoms with Crippen molar-refractivity contribution in [3.63, 3.8) is 0 Å². The highest BCUT2D eigenvalue weighted by molar-refractivity contribution is 5.22. The summed E-state index contributed by atoms with van der Waals surface area (Å²) in [5, 5.41) is 12.4. The van der Waals surface area contributed by atoms with Crippen molar-refractivity contribution in [2.24, 2.45) is 0 Å². The molecule has 0 saturated carbocycles. The lowest BCUT2D eigenvalue weighted by Gasteiger charge is -2.07. The van der Waals surface area contributed by atoms with E-state index >= 15 is 0 Å². The molecule has 0 aliphatic carbocycles. The topological polar surface area (TPSA) is 32.3 Å². The van der Waals surface area contributed by atoms with Gasteiger partial charge in [-0.3, -0.25) is 0 Å². The first-order chi connectivity index (χ1) is 7.22. The maximum absolute atomic E-state index is 9.08. The Hall–Kier alpha value is -0.860. The van der Waals surface area contributed by atoms with E-state index in [1.54, 1.807) is 0 Å². The number of aryl methyl sites for hydroxylation is 1. The molecule has 2 heteroatoms. The molecular weight excluding hydrogens is 186 g/mol. The maximum Gasteiger partial charge on any atom is 0.0524 e. The highest BCUT2D eigenvalue weighted by Crippen LogP contribution is 2.04. The summed E-state index contributed by atoms with van der Waals surface area (Å²) in [4.78, 5) is 0. The first-order valence-corrected chi connectivity index (χ1v) is 5.69. The van der Waals surface area contributed by atoms with E-state index in [-0.39, 0.29) is 6.10 Å². The molecule has 2 N–H and O–H groups in total. The van der Waals surface area contributed by atoms with Crippen molar-refractivity contribution in [3.05, 3.63) is 35.4 Å². The average molecular weight is 207 g/mol. The van der Waals surface area contributed by atoms with E-state index in [0.717, 1.165) is 25.9 Å². The Balaban J connectivity index is 2.25. The molecule has 2 nitrogen and oxygen atoms in total. The molecule has 84 valence electrons. The van der Waals surface area contributed by atoms with Crippen LogP contribution in [0.25, 0.3) is 0 Å². The Morgan fingerprint density at radius 3 is 2.33 bits per heavy atom. The SMILES string of the molecule is CCc1ccc(CNCCC(C)O)cc1. The van der Waals surface area contributed by atoms with Crippen LogP contribution < -0.4 is 5.32 Å². The molecule has 0 fully saturated rings. The van der Waals surface area contributed by atoms with Crippen LogP contribution in [0, 0.1) is 0 Å². The van der Waals surface area contributed by atoms with Crippen LogP contribution in [-0.4, -0.2) is 17.8 Å². The second-order valence-electron chi connectivity index (χ2n) is 3.98. The lowest BCUT2D eigenvalue weighted by atomic mass is 10.1. The molecule has 1 aromatic carbocycles. The van der Waals surface area contributed by atoms with Gasteiger partial charge in [-0.25, -0.2) is 0 Å². The predicted octanol–water partition coefficient (Wildman–Crippen LogP) is 2.11. The van der Waals surface area contributed by atoms with Crippen molar-refractivity contribution in [1.29, 1.82) is 0 Å². The van der Waals surface area contributed by atoms with Gasteiger partial charge in [-0.1, -0.05) is 31.2 Å². The van der Waals surface area contributed by atoms with Crippen LogP contribution in [0.4, 0.5) is 0 Å². The summed E-state index contributed by atoms with van der Waals surface area (Å²) >= 11 is 0. The summed E-state index contributed by atoms with van der Waals surface area (Å²) < 4.78 is 0. The Morgan fingerprint density at radius 1 is 1.20 bits per heavy atom. The predicted molar refractivity (Wildman–Crippen MR) is 63.8 cm³/mol. The van der Waals surface area contributed by atoms with E-state index in [0.29, 0.717) is 0 Å². The summed E-state index contributed by atoms with van der Waals surface area (Å²) in [6.07, 6.45) is 1.70. The molecule has 0 heterocycles. The summed E-state index contributed by atoms with van der Waals surface area (Å²) in [7, 11) is 0. The van der Waals surface area contributed by atoms with Gasteiger partial charge in [0, 0.05) is 6.54 Å². The zero-order chi connectivity index (χ0) is 11.1. The zero-order valence-corrected chi connectivity index (χ0v) is 9.66. The molecule has 0 aromatic heterocycles. The molecule has 0 aliphatic rings. The summed E-state index contributed by atoms with van der Waals surface area (Å²) in [6.45, 7) is 5.73. The molecule has 1 unspecified atom stereocenters. The second-order valence-corrected chi connectivity index (χ2v) is 3.98. The minimum Gasteiger partial charge on any atom is -0.393 e. The largest absolute Gasteiger partial charge is 0.393 e. The summed E-state index contributed by atoms with van der Waals surface area (Å²) in [6, 6.07) is 8.67. The van der Waals surface area contributed by atoms with Crippen molar-refractivity contribution in [2.45, 2.75) is 39.3 Å². The Bertz CT molecular complexity index is 266. The first-order valence-electron chi connectivity index (χ1n) is 5.69. The van der Waals surface area contributed by atoms with Crippen LogP contribution in [0.15, 0.2) is 24.3 Å². The minimum atomic E-state index is -0.208. The van der Waals surface area contributed by atoms with E-state index in [4.69, 9.17) is 5.11 Å². The van der Waals surface area contributed by atoms with Crippen molar-refractivity contribution in [2.75, 3.05) is 6.54 Å². The number of rotatable bonds is 6. The highest BCUT2D eigenvalue weighted by Gasteiger charge is 1.96. The quantitative estimate of drug-likeness (QED) is 0.700. The molecule has 0 spiro atoms. The molecule has 1 aromatic rings. The minimum absolute atomic E-state index is 0.208. The monoisotopic (exact) mass is 207 g/mol. The van der Waals surface area contributed by atoms with Gasteiger partial charge < -0.3 is 10.4 Å². The van der Waals surface area contributed by atoms with Crippen molar-refractivity contribution in [3.8, 4) is 0 Å². The van der Waals surface area contributed by atoms with E-state index in [1.807, 2.05) is 6.92 Å². The van der Waals surface area contributed by atoms with Gasteiger partial charge in [0.25, 0.3) is 0 Å². The fraction of sp³-hybridized carbons (Fsp3) is 0.538. The number of aliphatic hydroxyl groups is 1. The summed E-state index contributed by atoms with van der Waals surface area (Å²) in [5.41, 5.74) is 2.68. The van der Waals surface area contributed by atoms with Gasteiger partial charge in [-0.15, -0.1) is 0 Å². The Kier molecular flexibility index (Phi) is 5.37. The standard InChI is InChI=1S/C13H21NO/c1-3-12-4-6-13(7-5-12)10-14-9-8-11(2)15/h4-7,11,14-15H,3,8-10H2,1-2H3. The lowest BCUT2D eigenvalue weighted by molar-refractivity contribution is 0.183.